The zero-order chi connectivity index (χ0) is 13.2. The molecule has 0 aliphatic heterocycles. The number of hydrogen-bond acceptors (Lipinski definition) is 3. The van der Waals surface area contributed by atoms with Crippen LogP contribution < -0.4 is 5.56 Å². The van der Waals surface area contributed by atoms with Gasteiger partial charge in [-0.2, -0.15) is 0 Å². The standard InChI is InChI=1S/C14H13BrN2OS/c15-10-3-5-11(6-4-10)19-8-13-16-12(9-1-2-9)7-14(18)17-13/h3-7,9H,1-2,8H2,(H,16,17,18). The average Bonchev–Trinajstić information content (AvgIpc) is 3.22. The van der Waals surface area contributed by atoms with Gasteiger partial charge in [0, 0.05) is 21.4 Å². The van der Waals surface area contributed by atoms with Crippen molar-refractivity contribution >= 4 is 27.7 Å². The van der Waals surface area contributed by atoms with Gasteiger partial charge in [0.25, 0.3) is 5.56 Å². The van der Waals surface area contributed by atoms with Crippen molar-refractivity contribution in [2.45, 2.75) is 29.4 Å². The largest absolute Gasteiger partial charge is 0.310 e. The summed E-state index contributed by atoms with van der Waals surface area (Å²) in [5, 5.41) is 0. The molecule has 1 aliphatic carbocycles. The van der Waals surface area contributed by atoms with Gasteiger partial charge in [0.1, 0.15) is 5.82 Å². The number of hydrogen-bond donors (Lipinski definition) is 1. The van der Waals surface area contributed by atoms with Crippen molar-refractivity contribution in [3.63, 3.8) is 0 Å². The predicted molar refractivity (Wildman–Crippen MR) is 80.5 cm³/mol. The molecule has 1 aromatic heterocycles. The highest BCUT2D eigenvalue weighted by Gasteiger charge is 2.25. The molecule has 0 spiro atoms. The molecule has 0 bridgehead atoms. The summed E-state index contributed by atoms with van der Waals surface area (Å²) >= 11 is 5.09. The van der Waals surface area contributed by atoms with E-state index in [1.54, 1.807) is 17.8 Å². The Bertz CT molecular complexity index is 635. The first kappa shape index (κ1) is 12.9. The maximum absolute atomic E-state index is 11.6. The third-order valence-corrected chi connectivity index (χ3v) is 4.55. The van der Waals surface area contributed by atoms with Crippen LogP contribution in [0.1, 0.15) is 30.3 Å². The van der Waals surface area contributed by atoms with Crippen molar-refractivity contribution in [1.82, 2.24) is 9.97 Å². The molecule has 2 aromatic rings. The van der Waals surface area contributed by atoms with Crippen LogP contribution >= 0.6 is 27.7 Å². The van der Waals surface area contributed by atoms with Crippen molar-refractivity contribution in [3.05, 3.63) is 56.7 Å². The molecule has 0 unspecified atom stereocenters. The lowest BCUT2D eigenvalue weighted by Crippen LogP contribution is -2.11. The van der Waals surface area contributed by atoms with Crippen molar-refractivity contribution in [3.8, 4) is 0 Å². The first-order valence-electron chi connectivity index (χ1n) is 6.19. The van der Waals surface area contributed by atoms with E-state index in [1.165, 1.54) is 4.90 Å². The maximum atomic E-state index is 11.6. The lowest BCUT2D eigenvalue weighted by Gasteiger charge is -2.04. The molecule has 3 nitrogen and oxygen atoms in total. The maximum Gasteiger partial charge on any atom is 0.251 e. The number of halogens is 1. The fraction of sp³-hybridized carbons (Fsp3) is 0.286. The molecular formula is C14H13BrN2OS. The lowest BCUT2D eigenvalue weighted by atomic mass is 10.3. The van der Waals surface area contributed by atoms with Gasteiger partial charge >= 0.3 is 0 Å². The van der Waals surface area contributed by atoms with Crippen LogP contribution in [-0.2, 0) is 5.75 Å². The zero-order valence-corrected chi connectivity index (χ0v) is 12.6. The smallest absolute Gasteiger partial charge is 0.251 e. The van der Waals surface area contributed by atoms with Gasteiger partial charge in [-0.1, -0.05) is 15.9 Å². The second kappa shape index (κ2) is 5.51. The summed E-state index contributed by atoms with van der Waals surface area (Å²) in [6.07, 6.45) is 2.32. The third kappa shape index (κ3) is 3.48. The summed E-state index contributed by atoms with van der Waals surface area (Å²) < 4.78 is 1.07. The lowest BCUT2D eigenvalue weighted by molar-refractivity contribution is 0.912. The molecule has 1 N–H and O–H groups in total. The number of nitrogens with zero attached hydrogens (tertiary/aromatic N) is 1. The van der Waals surface area contributed by atoms with E-state index < -0.39 is 0 Å². The van der Waals surface area contributed by atoms with Crippen molar-refractivity contribution < 1.29 is 0 Å². The number of H-pyrrole nitrogens is 1. The van der Waals surface area contributed by atoms with E-state index in [9.17, 15) is 4.79 Å². The fourth-order valence-electron chi connectivity index (χ4n) is 1.87. The number of aromatic amines is 1. The van der Waals surface area contributed by atoms with Crippen molar-refractivity contribution in [2.24, 2.45) is 0 Å². The molecule has 98 valence electrons. The molecule has 1 aliphatic rings. The first-order chi connectivity index (χ1) is 9.20. The van der Waals surface area contributed by atoms with E-state index in [1.807, 2.05) is 12.1 Å². The minimum absolute atomic E-state index is 0.0386. The highest BCUT2D eigenvalue weighted by Crippen LogP contribution is 2.38. The van der Waals surface area contributed by atoms with E-state index in [0.717, 1.165) is 28.8 Å². The second-order valence-electron chi connectivity index (χ2n) is 4.63. The Hall–Kier alpha value is -1.07. The zero-order valence-electron chi connectivity index (χ0n) is 10.2. The number of aromatic nitrogens is 2. The molecule has 0 atom stereocenters. The molecule has 19 heavy (non-hydrogen) atoms. The Kier molecular flexibility index (Phi) is 3.75. The minimum Gasteiger partial charge on any atom is -0.310 e. The predicted octanol–water partition coefficient (Wildman–Crippen LogP) is 3.70. The van der Waals surface area contributed by atoms with Crippen LogP contribution in [0.5, 0.6) is 0 Å². The monoisotopic (exact) mass is 336 g/mol. The van der Waals surface area contributed by atoms with Gasteiger partial charge in [-0.05, 0) is 37.1 Å². The fourth-order valence-corrected chi connectivity index (χ4v) is 2.90. The highest BCUT2D eigenvalue weighted by molar-refractivity contribution is 9.10. The van der Waals surface area contributed by atoms with Crippen LogP contribution in [-0.4, -0.2) is 9.97 Å². The molecule has 0 radical (unpaired) electrons. The molecule has 3 rings (SSSR count). The van der Waals surface area contributed by atoms with Gasteiger partial charge < -0.3 is 4.98 Å². The summed E-state index contributed by atoms with van der Waals surface area (Å²) in [5.41, 5.74) is 0.915. The summed E-state index contributed by atoms with van der Waals surface area (Å²) in [5.74, 6) is 1.97. The van der Waals surface area contributed by atoms with E-state index >= 15 is 0 Å². The average molecular weight is 337 g/mol. The van der Waals surface area contributed by atoms with Gasteiger partial charge in [0.05, 0.1) is 11.4 Å². The summed E-state index contributed by atoms with van der Waals surface area (Å²) in [6, 6.07) is 9.76. The van der Waals surface area contributed by atoms with E-state index in [4.69, 9.17) is 0 Å². The summed E-state index contributed by atoms with van der Waals surface area (Å²) in [4.78, 5) is 20.1. The quantitative estimate of drug-likeness (QED) is 0.866. The van der Waals surface area contributed by atoms with Crippen LogP contribution in [0.4, 0.5) is 0 Å². The van der Waals surface area contributed by atoms with Gasteiger partial charge in [-0.15, -0.1) is 11.8 Å². The molecule has 1 aromatic carbocycles. The highest BCUT2D eigenvalue weighted by atomic mass is 79.9. The number of rotatable bonds is 4. The molecule has 5 heteroatoms. The Morgan fingerprint density at radius 2 is 2.05 bits per heavy atom. The molecule has 0 amide bonds. The van der Waals surface area contributed by atoms with E-state index in [2.05, 4.69) is 38.0 Å². The minimum atomic E-state index is -0.0386. The van der Waals surface area contributed by atoms with Crippen molar-refractivity contribution in [1.29, 1.82) is 0 Å². The molecular weight excluding hydrogens is 324 g/mol. The van der Waals surface area contributed by atoms with Crippen LogP contribution in [0, 0.1) is 0 Å². The molecule has 1 fully saturated rings. The Labute approximate surface area is 124 Å². The van der Waals surface area contributed by atoms with Crippen molar-refractivity contribution in [2.75, 3.05) is 0 Å². The topological polar surface area (TPSA) is 45.8 Å². The SMILES string of the molecule is O=c1cc(C2CC2)nc(CSc2ccc(Br)cc2)[nH]1. The first-order valence-corrected chi connectivity index (χ1v) is 7.97. The van der Waals surface area contributed by atoms with E-state index in [0.29, 0.717) is 11.7 Å². The summed E-state index contributed by atoms with van der Waals surface area (Å²) in [6.45, 7) is 0. The van der Waals surface area contributed by atoms with Gasteiger partial charge in [0.15, 0.2) is 0 Å². The number of thioether (sulfide) groups is 1. The van der Waals surface area contributed by atoms with E-state index in [-0.39, 0.29) is 5.56 Å². The molecule has 1 heterocycles. The molecule has 0 saturated heterocycles. The van der Waals surface area contributed by atoms with Gasteiger partial charge in [-0.25, -0.2) is 4.98 Å². The Balaban J connectivity index is 1.72. The van der Waals surface area contributed by atoms with Crippen LogP contribution in [0.3, 0.4) is 0 Å². The van der Waals surface area contributed by atoms with Crippen LogP contribution in [0.2, 0.25) is 0 Å². The third-order valence-electron chi connectivity index (χ3n) is 3.00. The second-order valence-corrected chi connectivity index (χ2v) is 6.60. The normalized spacial score (nSPS) is 14.6. The number of benzene rings is 1. The Morgan fingerprint density at radius 1 is 1.32 bits per heavy atom. The van der Waals surface area contributed by atoms with Crippen LogP contribution in [0.15, 0.2) is 44.5 Å². The summed E-state index contributed by atoms with van der Waals surface area (Å²) in [7, 11) is 0. The van der Waals surface area contributed by atoms with Crippen LogP contribution in [0.25, 0.3) is 0 Å². The van der Waals surface area contributed by atoms with Gasteiger partial charge in [-0.3, -0.25) is 4.79 Å². The molecule has 1 saturated carbocycles. The Morgan fingerprint density at radius 3 is 2.74 bits per heavy atom. The van der Waals surface area contributed by atoms with Gasteiger partial charge in [0.2, 0.25) is 0 Å². The number of nitrogens with one attached hydrogen (secondary N) is 1.